The van der Waals surface area contributed by atoms with Crippen molar-refractivity contribution in [2.75, 3.05) is 5.32 Å². The lowest BCUT2D eigenvalue weighted by Crippen LogP contribution is -2.29. The van der Waals surface area contributed by atoms with Gasteiger partial charge in [0.25, 0.3) is 5.69 Å². The van der Waals surface area contributed by atoms with Crippen LogP contribution in [0.1, 0.15) is 22.5 Å². The number of amides is 2. The summed E-state index contributed by atoms with van der Waals surface area (Å²) in [5, 5.41) is 25.1. The molecule has 13 heteroatoms. The third-order valence-electron chi connectivity index (χ3n) is 5.35. The summed E-state index contributed by atoms with van der Waals surface area (Å²) >= 11 is 1.41. The van der Waals surface area contributed by atoms with E-state index in [1.165, 1.54) is 23.9 Å². The molecule has 0 aliphatic carbocycles. The molecule has 1 heterocycles. The van der Waals surface area contributed by atoms with Crippen molar-refractivity contribution in [2.24, 2.45) is 0 Å². The number of carbonyl (C=O) groups is 1. The van der Waals surface area contributed by atoms with Crippen LogP contribution in [0, 0.1) is 17.0 Å². The number of benzene rings is 3. The molecule has 0 saturated carbocycles. The van der Waals surface area contributed by atoms with Crippen LogP contribution in [0.4, 0.5) is 29.3 Å². The molecular formula is C25H21F3N6O3S. The number of halogens is 3. The fourth-order valence-corrected chi connectivity index (χ4v) is 4.43. The maximum Gasteiger partial charge on any atom is 0.416 e. The highest BCUT2D eigenvalue weighted by Crippen LogP contribution is 2.30. The average molecular weight is 543 g/mol. The molecule has 0 aliphatic heterocycles. The quantitative estimate of drug-likeness (QED) is 0.158. The van der Waals surface area contributed by atoms with Gasteiger partial charge in [-0.25, -0.2) is 4.79 Å². The number of aromatic nitrogens is 3. The molecule has 0 fully saturated rings. The van der Waals surface area contributed by atoms with Crippen LogP contribution in [0.2, 0.25) is 0 Å². The second-order valence-corrected chi connectivity index (χ2v) is 9.11. The number of alkyl halides is 3. The third-order valence-corrected chi connectivity index (χ3v) is 6.35. The van der Waals surface area contributed by atoms with Crippen LogP contribution in [0.3, 0.4) is 0 Å². The second kappa shape index (κ2) is 11.3. The van der Waals surface area contributed by atoms with Gasteiger partial charge >= 0.3 is 12.2 Å². The van der Waals surface area contributed by atoms with Gasteiger partial charge in [0, 0.05) is 29.3 Å². The number of urea groups is 1. The smallest absolute Gasteiger partial charge is 0.331 e. The van der Waals surface area contributed by atoms with Crippen LogP contribution < -0.4 is 10.6 Å². The number of nitro groups is 1. The number of nitrogens with one attached hydrogen (secondary N) is 2. The SMILES string of the molecule is Cc1cccc(CSc2nnc(CNC(=O)Nc3ccc(C(F)(F)F)cc3)n2-c2ccc([N+](=O)[O-])cc2)c1. The zero-order valence-electron chi connectivity index (χ0n) is 19.9. The Morgan fingerprint density at radius 3 is 2.39 bits per heavy atom. The number of nitro benzene ring substituents is 1. The average Bonchev–Trinajstić information content (AvgIpc) is 3.29. The lowest BCUT2D eigenvalue weighted by atomic mass is 10.2. The molecule has 0 bridgehead atoms. The van der Waals surface area contributed by atoms with Crippen LogP contribution in [0.5, 0.6) is 0 Å². The van der Waals surface area contributed by atoms with Crippen molar-refractivity contribution < 1.29 is 22.9 Å². The van der Waals surface area contributed by atoms with E-state index in [2.05, 4.69) is 20.8 Å². The molecule has 0 aliphatic rings. The summed E-state index contributed by atoms with van der Waals surface area (Å²) < 4.78 is 39.9. The third kappa shape index (κ3) is 6.68. The Hall–Kier alpha value is -4.39. The number of thioether (sulfide) groups is 1. The Balaban J connectivity index is 1.50. The Labute approximate surface area is 219 Å². The number of carbonyl (C=O) groups excluding carboxylic acids is 1. The lowest BCUT2D eigenvalue weighted by molar-refractivity contribution is -0.384. The fourth-order valence-electron chi connectivity index (χ4n) is 3.52. The summed E-state index contributed by atoms with van der Waals surface area (Å²) in [6.07, 6.45) is -4.47. The minimum Gasteiger partial charge on any atom is -0.331 e. The summed E-state index contributed by atoms with van der Waals surface area (Å²) in [7, 11) is 0. The van der Waals surface area contributed by atoms with Crippen molar-refractivity contribution in [2.45, 2.75) is 30.6 Å². The van der Waals surface area contributed by atoms with E-state index in [1.54, 1.807) is 16.7 Å². The molecule has 0 unspecified atom stereocenters. The van der Waals surface area contributed by atoms with Crippen molar-refractivity contribution >= 4 is 29.2 Å². The predicted molar refractivity (Wildman–Crippen MR) is 136 cm³/mol. The van der Waals surface area contributed by atoms with E-state index < -0.39 is 22.7 Å². The monoisotopic (exact) mass is 542 g/mol. The van der Waals surface area contributed by atoms with E-state index >= 15 is 0 Å². The standard InChI is InChI=1S/C25H21F3N6O3S/c1-16-3-2-4-17(13-16)15-38-24-32-31-22(33(24)20-9-11-21(12-10-20)34(36)37)14-29-23(35)30-19-7-5-18(6-8-19)25(26,27)28/h2-13H,14-15H2,1H3,(H2,29,30,35). The van der Waals surface area contributed by atoms with Gasteiger partial charge in [0.15, 0.2) is 11.0 Å². The highest BCUT2D eigenvalue weighted by atomic mass is 32.2. The van der Waals surface area contributed by atoms with E-state index in [0.717, 1.165) is 35.4 Å². The summed E-state index contributed by atoms with van der Waals surface area (Å²) in [4.78, 5) is 23.0. The van der Waals surface area contributed by atoms with Gasteiger partial charge in [-0.05, 0) is 48.9 Å². The number of anilines is 1. The minimum absolute atomic E-state index is 0.0680. The van der Waals surface area contributed by atoms with Crippen molar-refractivity contribution in [3.05, 3.63) is 105 Å². The highest BCUT2D eigenvalue weighted by molar-refractivity contribution is 7.98. The molecule has 1 aromatic heterocycles. The summed E-state index contributed by atoms with van der Waals surface area (Å²) in [6.45, 7) is 1.93. The molecule has 0 spiro atoms. The van der Waals surface area contributed by atoms with E-state index in [0.29, 0.717) is 22.4 Å². The maximum atomic E-state index is 12.8. The Morgan fingerprint density at radius 2 is 1.76 bits per heavy atom. The summed E-state index contributed by atoms with van der Waals surface area (Å²) in [5.74, 6) is 0.947. The van der Waals surface area contributed by atoms with Gasteiger partial charge < -0.3 is 10.6 Å². The van der Waals surface area contributed by atoms with E-state index in [-0.39, 0.29) is 17.9 Å². The molecule has 9 nitrogen and oxygen atoms in total. The fraction of sp³-hybridized carbons (Fsp3) is 0.160. The van der Waals surface area contributed by atoms with Gasteiger partial charge in [0.2, 0.25) is 0 Å². The van der Waals surface area contributed by atoms with Crippen LogP contribution >= 0.6 is 11.8 Å². The first-order chi connectivity index (χ1) is 18.1. The van der Waals surface area contributed by atoms with Gasteiger partial charge in [0.1, 0.15) is 0 Å². The maximum absolute atomic E-state index is 12.8. The van der Waals surface area contributed by atoms with Gasteiger partial charge in [-0.2, -0.15) is 13.2 Å². The topological polar surface area (TPSA) is 115 Å². The van der Waals surface area contributed by atoms with Crippen molar-refractivity contribution in [1.29, 1.82) is 0 Å². The first-order valence-corrected chi connectivity index (χ1v) is 12.2. The number of rotatable bonds is 8. The largest absolute Gasteiger partial charge is 0.416 e. The molecule has 196 valence electrons. The molecule has 0 atom stereocenters. The Bertz CT molecular complexity index is 1440. The molecule has 3 aromatic carbocycles. The molecule has 4 rings (SSSR count). The van der Waals surface area contributed by atoms with Gasteiger partial charge in [0.05, 0.1) is 17.0 Å². The van der Waals surface area contributed by atoms with Gasteiger partial charge in [-0.1, -0.05) is 41.6 Å². The van der Waals surface area contributed by atoms with E-state index in [4.69, 9.17) is 0 Å². The van der Waals surface area contributed by atoms with Gasteiger partial charge in [-0.3, -0.25) is 14.7 Å². The molecule has 0 saturated heterocycles. The van der Waals surface area contributed by atoms with Crippen molar-refractivity contribution in [1.82, 2.24) is 20.1 Å². The summed E-state index contributed by atoms with van der Waals surface area (Å²) in [6, 6.07) is 17.2. The molecule has 2 N–H and O–H groups in total. The number of hydrogen-bond acceptors (Lipinski definition) is 6. The second-order valence-electron chi connectivity index (χ2n) is 8.17. The summed E-state index contributed by atoms with van der Waals surface area (Å²) in [5.41, 5.74) is 2.03. The predicted octanol–water partition coefficient (Wildman–Crippen LogP) is 6.12. The number of hydrogen-bond donors (Lipinski definition) is 2. The van der Waals surface area contributed by atoms with Gasteiger partial charge in [-0.15, -0.1) is 10.2 Å². The number of nitrogens with zero attached hydrogens (tertiary/aromatic N) is 4. The van der Waals surface area contributed by atoms with Crippen LogP contribution in [-0.2, 0) is 18.5 Å². The van der Waals surface area contributed by atoms with Crippen LogP contribution in [0.15, 0.2) is 78.0 Å². The molecule has 4 aromatic rings. The van der Waals surface area contributed by atoms with E-state index in [9.17, 15) is 28.1 Å². The molecule has 0 radical (unpaired) electrons. The van der Waals surface area contributed by atoms with Crippen molar-refractivity contribution in [3.63, 3.8) is 0 Å². The Kier molecular flexibility index (Phi) is 7.96. The zero-order valence-corrected chi connectivity index (χ0v) is 20.7. The lowest BCUT2D eigenvalue weighted by Gasteiger charge is -2.12. The number of aryl methyl sites for hydroxylation is 1. The van der Waals surface area contributed by atoms with Crippen LogP contribution in [-0.4, -0.2) is 25.7 Å². The first kappa shape index (κ1) is 26.7. The first-order valence-electron chi connectivity index (χ1n) is 11.2. The van der Waals surface area contributed by atoms with Crippen molar-refractivity contribution in [3.8, 4) is 5.69 Å². The zero-order chi connectivity index (χ0) is 27.3. The van der Waals surface area contributed by atoms with E-state index in [1.807, 2.05) is 31.2 Å². The Morgan fingerprint density at radius 1 is 1.05 bits per heavy atom. The normalized spacial score (nSPS) is 11.3. The molecule has 2 amide bonds. The van der Waals surface area contributed by atoms with Crippen LogP contribution in [0.25, 0.3) is 5.69 Å². The molecular weight excluding hydrogens is 521 g/mol. The highest BCUT2D eigenvalue weighted by Gasteiger charge is 2.30. The minimum atomic E-state index is -4.47. The number of non-ortho nitro benzene ring substituents is 1. The molecule has 38 heavy (non-hydrogen) atoms.